The van der Waals surface area contributed by atoms with Gasteiger partial charge in [0.05, 0.1) is 5.92 Å². The van der Waals surface area contributed by atoms with E-state index in [1.165, 1.54) is 12.2 Å². The second-order valence-electron chi connectivity index (χ2n) is 3.34. The van der Waals surface area contributed by atoms with Crippen LogP contribution in [0.15, 0.2) is 23.8 Å². The molecule has 1 rings (SSSR count). The van der Waals surface area contributed by atoms with Crippen LogP contribution in [0.1, 0.15) is 20.3 Å². The first-order chi connectivity index (χ1) is 5.96. The van der Waals surface area contributed by atoms with E-state index in [9.17, 15) is 13.2 Å². The summed E-state index contributed by atoms with van der Waals surface area (Å²) in [5.41, 5.74) is 0.879. The van der Waals surface area contributed by atoms with Crippen molar-refractivity contribution in [3.63, 3.8) is 0 Å². The Morgan fingerprint density at radius 1 is 1.38 bits per heavy atom. The minimum absolute atomic E-state index is 0.407. The molecule has 0 amide bonds. The summed E-state index contributed by atoms with van der Waals surface area (Å²) in [6.45, 7) is 3.52. The number of allylic oxidation sites excluding steroid dienone is 4. The van der Waals surface area contributed by atoms with Crippen LogP contribution in [-0.2, 0) is 0 Å². The minimum atomic E-state index is -4.11. The lowest BCUT2D eigenvalue weighted by Gasteiger charge is -2.27. The maximum Gasteiger partial charge on any atom is 0.395 e. The summed E-state index contributed by atoms with van der Waals surface area (Å²) in [6, 6.07) is 0. The molecule has 0 saturated heterocycles. The highest BCUT2D eigenvalue weighted by Crippen LogP contribution is 2.39. The first-order valence-corrected chi connectivity index (χ1v) is 4.40. The highest BCUT2D eigenvalue weighted by Gasteiger charge is 2.42. The van der Waals surface area contributed by atoms with Crippen molar-refractivity contribution in [2.24, 2.45) is 11.8 Å². The van der Waals surface area contributed by atoms with Gasteiger partial charge in [0.15, 0.2) is 0 Å². The van der Waals surface area contributed by atoms with Crippen molar-refractivity contribution in [1.82, 2.24) is 0 Å². The molecule has 0 spiro atoms. The molecule has 74 valence electrons. The van der Waals surface area contributed by atoms with Gasteiger partial charge < -0.3 is 0 Å². The van der Waals surface area contributed by atoms with E-state index < -0.39 is 18.0 Å². The molecule has 0 fully saturated rings. The van der Waals surface area contributed by atoms with E-state index in [0.29, 0.717) is 6.42 Å². The van der Waals surface area contributed by atoms with Crippen LogP contribution in [0.3, 0.4) is 0 Å². The summed E-state index contributed by atoms with van der Waals surface area (Å²) >= 11 is 0. The maximum atomic E-state index is 12.4. The minimum Gasteiger partial charge on any atom is -0.170 e. The van der Waals surface area contributed by atoms with Crippen LogP contribution in [0, 0.1) is 11.8 Å². The second-order valence-corrected chi connectivity index (χ2v) is 3.34. The molecular formula is C10H13F3. The van der Waals surface area contributed by atoms with E-state index in [4.69, 9.17) is 0 Å². The summed E-state index contributed by atoms with van der Waals surface area (Å²) in [5, 5.41) is 0. The van der Waals surface area contributed by atoms with Gasteiger partial charge in [0, 0.05) is 0 Å². The molecule has 0 N–H and O–H groups in total. The van der Waals surface area contributed by atoms with E-state index in [-0.39, 0.29) is 0 Å². The predicted molar refractivity (Wildman–Crippen MR) is 46.2 cm³/mol. The molecule has 0 aromatic heterocycles. The van der Waals surface area contributed by atoms with Crippen molar-refractivity contribution in [2.45, 2.75) is 26.4 Å². The van der Waals surface area contributed by atoms with Crippen LogP contribution >= 0.6 is 0 Å². The monoisotopic (exact) mass is 190 g/mol. The average molecular weight is 190 g/mol. The molecule has 0 aliphatic heterocycles. The third-order valence-corrected chi connectivity index (χ3v) is 2.54. The fourth-order valence-electron chi connectivity index (χ4n) is 1.68. The van der Waals surface area contributed by atoms with Gasteiger partial charge in [-0.3, -0.25) is 0 Å². The zero-order chi connectivity index (χ0) is 10.1. The topological polar surface area (TPSA) is 0 Å². The van der Waals surface area contributed by atoms with Gasteiger partial charge in [-0.15, -0.1) is 0 Å². The Bertz CT molecular complexity index is 235. The molecule has 0 heterocycles. The summed E-state index contributed by atoms with van der Waals surface area (Å²) in [7, 11) is 0. The number of hydrogen-bond acceptors (Lipinski definition) is 0. The van der Waals surface area contributed by atoms with E-state index in [1.54, 1.807) is 13.0 Å². The van der Waals surface area contributed by atoms with Crippen molar-refractivity contribution in [1.29, 1.82) is 0 Å². The molecule has 0 radical (unpaired) electrons. The lowest BCUT2D eigenvalue weighted by molar-refractivity contribution is -0.170. The second kappa shape index (κ2) is 3.56. The zero-order valence-electron chi connectivity index (χ0n) is 7.73. The smallest absolute Gasteiger partial charge is 0.170 e. The normalized spacial score (nSPS) is 28.8. The summed E-state index contributed by atoms with van der Waals surface area (Å²) in [4.78, 5) is 0. The molecule has 0 aromatic rings. The first-order valence-electron chi connectivity index (χ1n) is 4.40. The summed E-state index contributed by atoms with van der Waals surface area (Å²) < 4.78 is 37.3. The van der Waals surface area contributed by atoms with E-state index in [0.717, 1.165) is 5.57 Å². The van der Waals surface area contributed by atoms with Crippen LogP contribution in [0.25, 0.3) is 0 Å². The molecule has 1 aliphatic carbocycles. The largest absolute Gasteiger partial charge is 0.395 e. The summed E-state index contributed by atoms with van der Waals surface area (Å²) in [5.74, 6) is -1.71. The van der Waals surface area contributed by atoms with Crippen LogP contribution in [0.2, 0.25) is 0 Å². The number of halogens is 3. The van der Waals surface area contributed by atoms with Crippen LogP contribution in [-0.4, -0.2) is 6.18 Å². The Balaban J connectivity index is 2.84. The molecule has 2 atom stereocenters. The van der Waals surface area contributed by atoms with Gasteiger partial charge >= 0.3 is 6.18 Å². The number of hydrogen-bond donors (Lipinski definition) is 0. The molecule has 0 saturated carbocycles. The average Bonchev–Trinajstić information content (AvgIpc) is 2.02. The molecule has 1 aliphatic rings. The van der Waals surface area contributed by atoms with Crippen LogP contribution in [0.4, 0.5) is 13.2 Å². The quantitative estimate of drug-likeness (QED) is 0.591. The molecule has 3 heteroatoms. The van der Waals surface area contributed by atoms with Crippen molar-refractivity contribution in [2.75, 3.05) is 0 Å². The number of alkyl halides is 3. The van der Waals surface area contributed by atoms with Gasteiger partial charge in [-0.25, -0.2) is 0 Å². The molecule has 0 aromatic carbocycles. The Morgan fingerprint density at radius 2 is 2.00 bits per heavy atom. The lowest BCUT2D eigenvalue weighted by atomic mass is 9.82. The molecule has 0 bridgehead atoms. The molecular weight excluding hydrogens is 177 g/mol. The van der Waals surface area contributed by atoms with Gasteiger partial charge in [-0.1, -0.05) is 37.6 Å². The van der Waals surface area contributed by atoms with Crippen molar-refractivity contribution in [3.8, 4) is 0 Å². The number of rotatable bonds is 1. The Labute approximate surface area is 76.1 Å². The van der Waals surface area contributed by atoms with Crippen molar-refractivity contribution in [3.05, 3.63) is 23.8 Å². The Kier molecular flexibility index (Phi) is 2.84. The highest BCUT2D eigenvalue weighted by molar-refractivity contribution is 5.23. The maximum absolute atomic E-state index is 12.4. The van der Waals surface area contributed by atoms with Gasteiger partial charge in [-0.05, 0) is 12.3 Å². The molecule has 2 unspecified atom stereocenters. The van der Waals surface area contributed by atoms with E-state index in [1.807, 2.05) is 6.92 Å². The van der Waals surface area contributed by atoms with Crippen molar-refractivity contribution >= 4 is 0 Å². The fourth-order valence-corrected chi connectivity index (χ4v) is 1.68. The van der Waals surface area contributed by atoms with Gasteiger partial charge in [0.2, 0.25) is 0 Å². The Hall–Kier alpha value is -0.730. The summed E-state index contributed by atoms with van der Waals surface area (Å²) in [6.07, 6.45) is 1.12. The lowest BCUT2D eigenvalue weighted by Crippen LogP contribution is -2.29. The third-order valence-electron chi connectivity index (χ3n) is 2.54. The fraction of sp³-hybridized carbons (Fsp3) is 0.600. The molecule has 13 heavy (non-hydrogen) atoms. The van der Waals surface area contributed by atoms with Gasteiger partial charge in [0.25, 0.3) is 0 Å². The third kappa shape index (κ3) is 2.14. The Morgan fingerprint density at radius 3 is 2.46 bits per heavy atom. The SMILES string of the molecule is CCC1=CC=CC(C(F)(F)F)C1C. The van der Waals surface area contributed by atoms with E-state index in [2.05, 4.69) is 0 Å². The van der Waals surface area contributed by atoms with Gasteiger partial charge in [-0.2, -0.15) is 13.2 Å². The highest BCUT2D eigenvalue weighted by atomic mass is 19.4. The van der Waals surface area contributed by atoms with Crippen LogP contribution < -0.4 is 0 Å². The first kappa shape index (κ1) is 10.4. The van der Waals surface area contributed by atoms with E-state index >= 15 is 0 Å². The van der Waals surface area contributed by atoms with Crippen molar-refractivity contribution < 1.29 is 13.2 Å². The zero-order valence-corrected chi connectivity index (χ0v) is 7.73. The van der Waals surface area contributed by atoms with Crippen LogP contribution in [0.5, 0.6) is 0 Å². The van der Waals surface area contributed by atoms with Gasteiger partial charge in [0.1, 0.15) is 0 Å². The predicted octanol–water partition coefficient (Wildman–Crippen LogP) is 3.71. The standard InChI is InChI=1S/C10H13F3/c1-3-8-5-4-6-9(7(8)2)10(11,12)13/h4-7,9H,3H2,1-2H3. The molecule has 0 nitrogen and oxygen atoms in total.